The summed E-state index contributed by atoms with van der Waals surface area (Å²) in [5, 5.41) is 1.08. The van der Waals surface area contributed by atoms with Crippen molar-refractivity contribution in [3.05, 3.63) is 77.5 Å². The van der Waals surface area contributed by atoms with Crippen LogP contribution in [0.25, 0.3) is 33.7 Å². The quantitative estimate of drug-likeness (QED) is 0.354. The average Bonchev–Trinajstić information content (AvgIpc) is 3.15. The van der Waals surface area contributed by atoms with Gasteiger partial charge in [-0.2, -0.15) is 0 Å². The van der Waals surface area contributed by atoms with Crippen LogP contribution < -0.4 is 18.9 Å². The highest BCUT2D eigenvalue weighted by molar-refractivity contribution is 6.11. The number of methoxy groups -OCH3 is 4. The van der Waals surface area contributed by atoms with Gasteiger partial charge in [0.1, 0.15) is 0 Å². The Hall–Kier alpha value is -3.99. The van der Waals surface area contributed by atoms with Crippen LogP contribution >= 0.6 is 0 Å². The maximum atomic E-state index is 5.84. The van der Waals surface area contributed by atoms with E-state index in [9.17, 15) is 0 Å². The Morgan fingerprint density at radius 3 is 2.12 bits per heavy atom. The van der Waals surface area contributed by atoms with Crippen LogP contribution in [0.3, 0.4) is 0 Å². The molecule has 3 aromatic carbocycles. The zero-order chi connectivity index (χ0) is 22.2. The summed E-state index contributed by atoms with van der Waals surface area (Å²) in [5.74, 6) is 2.74. The van der Waals surface area contributed by atoms with E-state index < -0.39 is 0 Å². The largest absolute Gasteiger partial charge is 0.493 e. The number of pyridine rings is 1. The molecule has 0 radical (unpaired) electrons. The molecular formula is C27H23NO4. The molecule has 0 spiro atoms. The van der Waals surface area contributed by atoms with E-state index in [-0.39, 0.29) is 0 Å². The molecule has 0 aliphatic heterocycles. The maximum Gasteiger partial charge on any atom is 0.169 e. The molecule has 5 nitrogen and oxygen atoms in total. The second-order valence-electron chi connectivity index (χ2n) is 7.45. The van der Waals surface area contributed by atoms with Crippen molar-refractivity contribution in [2.75, 3.05) is 28.4 Å². The van der Waals surface area contributed by atoms with Gasteiger partial charge in [0, 0.05) is 17.1 Å². The number of hydrogen-bond donors (Lipinski definition) is 0. The first kappa shape index (κ1) is 19.9. The minimum Gasteiger partial charge on any atom is -0.493 e. The summed E-state index contributed by atoms with van der Waals surface area (Å²) in [6, 6.07) is 18.2. The molecule has 1 aliphatic carbocycles. The van der Waals surface area contributed by atoms with Crippen LogP contribution in [0.5, 0.6) is 23.0 Å². The number of ether oxygens (including phenoxy) is 4. The van der Waals surface area contributed by atoms with Gasteiger partial charge < -0.3 is 18.9 Å². The number of fused-ring (bicyclic) bond motifs is 4. The van der Waals surface area contributed by atoms with Gasteiger partial charge >= 0.3 is 0 Å². The van der Waals surface area contributed by atoms with Crippen LogP contribution in [0, 0.1) is 0 Å². The van der Waals surface area contributed by atoms with Crippen molar-refractivity contribution in [3.63, 3.8) is 0 Å². The molecule has 0 saturated heterocycles. The summed E-state index contributed by atoms with van der Waals surface area (Å²) in [7, 11) is 6.62. The molecule has 160 valence electrons. The third-order valence-corrected chi connectivity index (χ3v) is 5.90. The number of aromatic nitrogens is 1. The van der Waals surface area contributed by atoms with Gasteiger partial charge in [-0.05, 0) is 70.3 Å². The monoisotopic (exact) mass is 425 g/mol. The summed E-state index contributed by atoms with van der Waals surface area (Å²) >= 11 is 0. The predicted molar refractivity (Wildman–Crippen MR) is 127 cm³/mol. The number of para-hydroxylation sites is 1. The smallest absolute Gasteiger partial charge is 0.169 e. The number of benzene rings is 3. The van der Waals surface area contributed by atoms with Crippen molar-refractivity contribution >= 4 is 22.6 Å². The van der Waals surface area contributed by atoms with Crippen molar-refractivity contribution in [3.8, 4) is 34.1 Å². The number of nitrogens with zero attached hydrogens (tertiary/aromatic N) is 1. The summed E-state index contributed by atoms with van der Waals surface area (Å²) < 4.78 is 22.6. The molecule has 5 heteroatoms. The zero-order valence-corrected chi connectivity index (χ0v) is 18.4. The molecule has 1 aliphatic rings. The maximum absolute atomic E-state index is 5.84. The second kappa shape index (κ2) is 7.93. The first-order chi connectivity index (χ1) is 15.7. The summed E-state index contributed by atoms with van der Waals surface area (Å²) in [6.45, 7) is 0. The lowest BCUT2D eigenvalue weighted by atomic mass is 9.98. The first-order valence-electron chi connectivity index (χ1n) is 10.3. The normalized spacial score (nSPS) is 13.1. The molecular weight excluding hydrogens is 402 g/mol. The lowest BCUT2D eigenvalue weighted by Crippen LogP contribution is -1.95. The Balaban J connectivity index is 1.86. The molecule has 4 aromatic rings. The molecule has 32 heavy (non-hydrogen) atoms. The Morgan fingerprint density at radius 2 is 1.41 bits per heavy atom. The summed E-state index contributed by atoms with van der Waals surface area (Å²) in [4.78, 5) is 4.51. The van der Waals surface area contributed by atoms with Crippen LogP contribution in [-0.2, 0) is 0 Å². The predicted octanol–water partition coefficient (Wildman–Crippen LogP) is 5.84. The van der Waals surface area contributed by atoms with E-state index in [1.807, 2.05) is 48.7 Å². The minimum absolute atomic E-state index is 0.676. The van der Waals surface area contributed by atoms with Gasteiger partial charge in [-0.3, -0.25) is 4.98 Å². The molecule has 0 N–H and O–H groups in total. The van der Waals surface area contributed by atoms with Gasteiger partial charge in [0.05, 0.1) is 34.0 Å². The Bertz CT molecular complexity index is 1370. The molecule has 0 atom stereocenters. The molecule has 0 saturated carbocycles. The van der Waals surface area contributed by atoms with E-state index in [0.717, 1.165) is 44.3 Å². The van der Waals surface area contributed by atoms with Crippen LogP contribution in [-0.4, -0.2) is 33.4 Å². The van der Waals surface area contributed by atoms with Crippen molar-refractivity contribution in [2.45, 2.75) is 0 Å². The Morgan fingerprint density at radius 1 is 0.688 bits per heavy atom. The third kappa shape index (κ3) is 2.97. The SMILES string of the molecule is COc1cc2c(cc1OC)-c1ccc(OC)c(OC)c1C2=Cc1ccnc2ccccc12. The molecule has 0 unspecified atom stereocenters. The van der Waals surface area contributed by atoms with Crippen molar-refractivity contribution < 1.29 is 18.9 Å². The Kier molecular flexibility index (Phi) is 4.94. The number of rotatable bonds is 5. The summed E-state index contributed by atoms with van der Waals surface area (Å²) in [6.07, 6.45) is 4.02. The van der Waals surface area contributed by atoms with Crippen LogP contribution in [0.4, 0.5) is 0 Å². The first-order valence-corrected chi connectivity index (χ1v) is 10.3. The fourth-order valence-electron chi connectivity index (χ4n) is 4.43. The molecule has 0 amide bonds. The zero-order valence-electron chi connectivity index (χ0n) is 18.4. The van der Waals surface area contributed by atoms with Gasteiger partial charge in [0.15, 0.2) is 23.0 Å². The van der Waals surface area contributed by atoms with Gasteiger partial charge in [-0.15, -0.1) is 0 Å². The second-order valence-corrected chi connectivity index (χ2v) is 7.45. The van der Waals surface area contributed by atoms with Gasteiger partial charge in [0.2, 0.25) is 0 Å². The molecule has 1 heterocycles. The third-order valence-electron chi connectivity index (χ3n) is 5.90. The standard InChI is InChI=1S/C27H23NO4/c1-29-23-10-9-18-19-14-24(30-2)25(31-3)15-20(19)21(26(18)27(23)32-4)13-16-11-12-28-22-8-6-5-7-17(16)22/h5-15H,1-4H3. The highest BCUT2D eigenvalue weighted by atomic mass is 16.5. The molecule has 0 bridgehead atoms. The minimum atomic E-state index is 0.676. The highest BCUT2D eigenvalue weighted by Gasteiger charge is 2.31. The van der Waals surface area contributed by atoms with Crippen LogP contribution in [0.2, 0.25) is 0 Å². The van der Waals surface area contributed by atoms with E-state index >= 15 is 0 Å². The van der Waals surface area contributed by atoms with Gasteiger partial charge in [-0.25, -0.2) is 0 Å². The lowest BCUT2D eigenvalue weighted by molar-refractivity contribution is 0.354. The van der Waals surface area contributed by atoms with Crippen molar-refractivity contribution in [2.24, 2.45) is 0 Å². The molecule has 1 aromatic heterocycles. The van der Waals surface area contributed by atoms with E-state index in [4.69, 9.17) is 18.9 Å². The summed E-state index contributed by atoms with van der Waals surface area (Å²) in [5.41, 5.74) is 7.20. The average molecular weight is 425 g/mol. The van der Waals surface area contributed by atoms with Crippen LogP contribution in [0.15, 0.2) is 60.8 Å². The van der Waals surface area contributed by atoms with E-state index in [1.165, 1.54) is 0 Å². The molecule has 5 rings (SSSR count). The van der Waals surface area contributed by atoms with E-state index in [0.29, 0.717) is 23.0 Å². The highest BCUT2D eigenvalue weighted by Crippen LogP contribution is 2.54. The topological polar surface area (TPSA) is 49.8 Å². The number of hydrogen-bond acceptors (Lipinski definition) is 5. The van der Waals surface area contributed by atoms with Crippen molar-refractivity contribution in [1.29, 1.82) is 0 Å². The molecule has 0 fully saturated rings. The fraction of sp³-hybridized carbons (Fsp3) is 0.148. The van der Waals surface area contributed by atoms with Gasteiger partial charge in [-0.1, -0.05) is 18.2 Å². The Labute approximate surface area is 186 Å². The van der Waals surface area contributed by atoms with Crippen molar-refractivity contribution in [1.82, 2.24) is 4.98 Å². The lowest BCUT2D eigenvalue weighted by Gasteiger charge is -2.14. The van der Waals surface area contributed by atoms with E-state index in [1.54, 1.807) is 28.4 Å². The fourth-order valence-corrected chi connectivity index (χ4v) is 4.43. The van der Waals surface area contributed by atoms with Gasteiger partial charge in [0.25, 0.3) is 0 Å². The van der Waals surface area contributed by atoms with Crippen LogP contribution in [0.1, 0.15) is 16.7 Å². The van der Waals surface area contributed by atoms with E-state index in [2.05, 4.69) is 23.2 Å².